The van der Waals surface area contributed by atoms with Gasteiger partial charge >= 0.3 is 0 Å². The number of amides is 1. The molecule has 1 aromatic carbocycles. The average molecular weight is 278 g/mol. The van der Waals surface area contributed by atoms with Crippen LogP contribution in [0.4, 0.5) is 10.1 Å². The van der Waals surface area contributed by atoms with E-state index < -0.39 is 5.82 Å². The number of benzene rings is 1. The Morgan fingerprint density at radius 2 is 2.26 bits per heavy atom. The van der Waals surface area contributed by atoms with Gasteiger partial charge in [0.25, 0.3) is 5.91 Å². The number of rotatable bonds is 3. The molecular formula is C12H11FN4OS. The van der Waals surface area contributed by atoms with E-state index in [4.69, 9.17) is 18.0 Å². The van der Waals surface area contributed by atoms with Gasteiger partial charge in [0, 0.05) is 18.8 Å². The molecule has 98 valence electrons. The quantitative estimate of drug-likeness (QED) is 0.833. The Hall–Kier alpha value is -2.28. The monoisotopic (exact) mass is 278 g/mol. The van der Waals surface area contributed by atoms with Gasteiger partial charge < -0.3 is 11.1 Å². The molecule has 3 N–H and O–H groups in total. The molecule has 0 bridgehead atoms. The van der Waals surface area contributed by atoms with Gasteiger partial charge in [0.05, 0.1) is 17.4 Å². The third-order valence-electron chi connectivity index (χ3n) is 2.46. The van der Waals surface area contributed by atoms with Crippen LogP contribution in [0.2, 0.25) is 0 Å². The first-order chi connectivity index (χ1) is 8.97. The second-order valence-electron chi connectivity index (χ2n) is 3.91. The van der Waals surface area contributed by atoms with Crippen molar-refractivity contribution >= 4 is 28.8 Å². The lowest BCUT2D eigenvalue weighted by Crippen LogP contribution is -2.17. The van der Waals surface area contributed by atoms with Crippen LogP contribution in [0.5, 0.6) is 0 Å². The molecule has 0 spiro atoms. The lowest BCUT2D eigenvalue weighted by Gasteiger charge is -2.09. The zero-order chi connectivity index (χ0) is 14.0. The highest BCUT2D eigenvalue weighted by molar-refractivity contribution is 7.80. The number of anilines is 1. The van der Waals surface area contributed by atoms with Crippen LogP contribution in [0.25, 0.3) is 0 Å². The molecule has 0 aliphatic heterocycles. The fourth-order valence-electron chi connectivity index (χ4n) is 1.56. The highest BCUT2D eigenvalue weighted by atomic mass is 32.1. The van der Waals surface area contributed by atoms with E-state index in [9.17, 15) is 9.18 Å². The molecule has 0 saturated carbocycles. The van der Waals surface area contributed by atoms with Crippen LogP contribution in [0.1, 0.15) is 15.9 Å². The summed E-state index contributed by atoms with van der Waals surface area (Å²) in [6, 6.07) is 3.82. The molecule has 1 heterocycles. The van der Waals surface area contributed by atoms with Gasteiger partial charge in [0.1, 0.15) is 10.8 Å². The minimum absolute atomic E-state index is 0.0148. The number of aryl methyl sites for hydroxylation is 1. The first-order valence-electron chi connectivity index (χ1n) is 5.36. The zero-order valence-corrected chi connectivity index (χ0v) is 10.9. The number of thiocarbonyl (C=S) groups is 1. The first-order valence-corrected chi connectivity index (χ1v) is 5.77. The maximum atomic E-state index is 13.1. The SMILES string of the molecule is Cn1cc(C(=O)Nc2ccc(F)cc2C(N)=S)cn1. The molecule has 19 heavy (non-hydrogen) atoms. The molecule has 0 fully saturated rings. The predicted molar refractivity (Wildman–Crippen MR) is 73.4 cm³/mol. The molecule has 2 aromatic rings. The number of nitrogens with two attached hydrogens (primary N) is 1. The Morgan fingerprint density at radius 1 is 1.53 bits per heavy atom. The summed E-state index contributed by atoms with van der Waals surface area (Å²) in [7, 11) is 1.70. The van der Waals surface area contributed by atoms with E-state index in [0.717, 1.165) is 0 Å². The third kappa shape index (κ3) is 2.94. The Bertz CT molecular complexity index is 653. The van der Waals surface area contributed by atoms with Gasteiger partial charge in [-0.2, -0.15) is 5.10 Å². The van der Waals surface area contributed by atoms with E-state index in [-0.39, 0.29) is 16.5 Å². The Kier molecular flexibility index (Phi) is 3.57. The Morgan fingerprint density at radius 3 is 2.84 bits per heavy atom. The summed E-state index contributed by atoms with van der Waals surface area (Å²) < 4.78 is 14.6. The van der Waals surface area contributed by atoms with Crippen molar-refractivity contribution in [2.45, 2.75) is 0 Å². The van der Waals surface area contributed by atoms with Crippen LogP contribution < -0.4 is 11.1 Å². The van der Waals surface area contributed by atoms with E-state index in [1.807, 2.05) is 0 Å². The largest absolute Gasteiger partial charge is 0.389 e. The number of carbonyl (C=O) groups excluding carboxylic acids is 1. The van der Waals surface area contributed by atoms with Crippen molar-refractivity contribution in [3.63, 3.8) is 0 Å². The standard InChI is InChI=1S/C12H11FN4OS/c1-17-6-7(5-15-17)12(18)16-10-3-2-8(13)4-9(10)11(14)19/h2-6H,1H3,(H2,14,19)(H,16,18). The predicted octanol–water partition coefficient (Wildman–Crippen LogP) is 1.45. The minimum Gasteiger partial charge on any atom is -0.389 e. The smallest absolute Gasteiger partial charge is 0.258 e. The maximum absolute atomic E-state index is 13.1. The maximum Gasteiger partial charge on any atom is 0.258 e. The number of nitrogens with one attached hydrogen (secondary N) is 1. The number of hydrogen-bond acceptors (Lipinski definition) is 3. The Balaban J connectivity index is 2.28. The number of nitrogens with zero attached hydrogens (tertiary/aromatic N) is 2. The van der Waals surface area contributed by atoms with Crippen molar-refractivity contribution < 1.29 is 9.18 Å². The summed E-state index contributed by atoms with van der Waals surface area (Å²) in [5, 5.41) is 6.52. The summed E-state index contributed by atoms with van der Waals surface area (Å²) in [6.07, 6.45) is 3.00. The first kappa shape index (κ1) is 13.2. The summed E-state index contributed by atoms with van der Waals surface area (Å²) in [5.41, 5.74) is 6.54. The lowest BCUT2D eigenvalue weighted by molar-refractivity contribution is 0.102. The highest BCUT2D eigenvalue weighted by Gasteiger charge is 2.12. The normalized spacial score (nSPS) is 10.2. The number of carbonyl (C=O) groups is 1. The van der Waals surface area contributed by atoms with E-state index in [0.29, 0.717) is 11.3 Å². The fraction of sp³-hybridized carbons (Fsp3) is 0.0833. The summed E-state index contributed by atoms with van der Waals surface area (Å²) >= 11 is 4.83. The molecule has 0 atom stereocenters. The van der Waals surface area contributed by atoms with Gasteiger partial charge in [-0.3, -0.25) is 9.48 Å². The van der Waals surface area contributed by atoms with Gasteiger partial charge in [0.2, 0.25) is 0 Å². The molecule has 0 radical (unpaired) electrons. The van der Waals surface area contributed by atoms with Crippen molar-refractivity contribution in [2.24, 2.45) is 12.8 Å². The molecule has 0 aliphatic rings. The van der Waals surface area contributed by atoms with E-state index in [2.05, 4.69) is 10.4 Å². The van der Waals surface area contributed by atoms with Crippen molar-refractivity contribution in [2.75, 3.05) is 5.32 Å². The summed E-state index contributed by atoms with van der Waals surface area (Å²) in [4.78, 5) is 12.0. The van der Waals surface area contributed by atoms with Gasteiger partial charge in [0.15, 0.2) is 0 Å². The van der Waals surface area contributed by atoms with Crippen LogP contribution in [-0.4, -0.2) is 20.7 Å². The van der Waals surface area contributed by atoms with Gasteiger partial charge in [-0.25, -0.2) is 4.39 Å². The summed E-state index contributed by atoms with van der Waals surface area (Å²) in [6.45, 7) is 0. The van der Waals surface area contributed by atoms with Crippen LogP contribution >= 0.6 is 12.2 Å². The van der Waals surface area contributed by atoms with Gasteiger partial charge in [-0.05, 0) is 18.2 Å². The zero-order valence-electron chi connectivity index (χ0n) is 10.1. The molecular weight excluding hydrogens is 267 g/mol. The van der Waals surface area contributed by atoms with E-state index >= 15 is 0 Å². The van der Waals surface area contributed by atoms with Gasteiger partial charge in [-0.15, -0.1) is 0 Å². The van der Waals surface area contributed by atoms with Crippen LogP contribution in [0.15, 0.2) is 30.6 Å². The molecule has 1 amide bonds. The molecule has 7 heteroatoms. The highest BCUT2D eigenvalue weighted by Crippen LogP contribution is 2.18. The molecule has 1 aromatic heterocycles. The van der Waals surface area contributed by atoms with Crippen molar-refractivity contribution in [1.29, 1.82) is 0 Å². The minimum atomic E-state index is -0.470. The van der Waals surface area contributed by atoms with Gasteiger partial charge in [-0.1, -0.05) is 12.2 Å². The number of aromatic nitrogens is 2. The van der Waals surface area contributed by atoms with Crippen molar-refractivity contribution in [1.82, 2.24) is 9.78 Å². The topological polar surface area (TPSA) is 72.9 Å². The molecule has 5 nitrogen and oxygen atoms in total. The van der Waals surface area contributed by atoms with E-state index in [1.165, 1.54) is 29.1 Å². The second kappa shape index (κ2) is 5.15. The van der Waals surface area contributed by atoms with Crippen molar-refractivity contribution in [3.05, 3.63) is 47.5 Å². The van der Waals surface area contributed by atoms with Crippen LogP contribution in [-0.2, 0) is 7.05 Å². The Labute approximate surface area is 114 Å². The van der Waals surface area contributed by atoms with Crippen LogP contribution in [0, 0.1) is 5.82 Å². The third-order valence-corrected chi connectivity index (χ3v) is 2.68. The second-order valence-corrected chi connectivity index (χ2v) is 4.35. The summed E-state index contributed by atoms with van der Waals surface area (Å²) in [5.74, 6) is -0.834. The molecule has 2 rings (SSSR count). The number of halogens is 1. The molecule has 0 saturated heterocycles. The molecule has 0 aliphatic carbocycles. The molecule has 0 unspecified atom stereocenters. The van der Waals surface area contributed by atoms with Crippen LogP contribution in [0.3, 0.4) is 0 Å². The number of hydrogen-bond donors (Lipinski definition) is 2. The lowest BCUT2D eigenvalue weighted by atomic mass is 10.1. The fourth-order valence-corrected chi connectivity index (χ4v) is 1.73. The average Bonchev–Trinajstić information content (AvgIpc) is 2.78. The van der Waals surface area contributed by atoms with E-state index in [1.54, 1.807) is 13.2 Å². The van der Waals surface area contributed by atoms with Crippen molar-refractivity contribution in [3.8, 4) is 0 Å².